The first kappa shape index (κ1) is 15.6. The van der Waals surface area contributed by atoms with E-state index in [-0.39, 0.29) is 17.7 Å². The molecule has 1 fully saturated rings. The SMILES string of the molecule is O=C(O)C1CCCC(C(=O)NCCc2cc3ccccc3[nH]2)C1. The van der Waals surface area contributed by atoms with Crippen LogP contribution in [0.15, 0.2) is 30.3 Å². The Morgan fingerprint density at radius 3 is 2.78 bits per heavy atom. The van der Waals surface area contributed by atoms with E-state index in [1.807, 2.05) is 18.2 Å². The third-order valence-electron chi connectivity index (χ3n) is 4.67. The molecule has 2 atom stereocenters. The van der Waals surface area contributed by atoms with Gasteiger partial charge < -0.3 is 15.4 Å². The molecule has 5 heteroatoms. The molecule has 1 heterocycles. The Morgan fingerprint density at radius 2 is 2.00 bits per heavy atom. The van der Waals surface area contributed by atoms with Crippen LogP contribution in [-0.2, 0) is 16.0 Å². The Balaban J connectivity index is 1.50. The number of benzene rings is 1. The Morgan fingerprint density at radius 1 is 1.22 bits per heavy atom. The fourth-order valence-electron chi connectivity index (χ4n) is 3.39. The molecule has 122 valence electrons. The summed E-state index contributed by atoms with van der Waals surface area (Å²) in [5.41, 5.74) is 2.20. The highest BCUT2D eigenvalue weighted by Crippen LogP contribution is 2.29. The Kier molecular flexibility index (Phi) is 4.65. The number of carbonyl (C=O) groups excluding carboxylic acids is 1. The van der Waals surface area contributed by atoms with Crippen molar-refractivity contribution in [3.8, 4) is 0 Å². The first-order valence-corrected chi connectivity index (χ1v) is 8.20. The number of fused-ring (bicyclic) bond motifs is 1. The van der Waals surface area contributed by atoms with Crippen molar-refractivity contribution in [1.29, 1.82) is 0 Å². The molecule has 3 N–H and O–H groups in total. The predicted octanol–water partition coefficient (Wildman–Crippen LogP) is 2.72. The Bertz CT molecular complexity index is 674. The van der Waals surface area contributed by atoms with E-state index in [0.29, 0.717) is 19.4 Å². The molecule has 1 aliphatic carbocycles. The third-order valence-corrected chi connectivity index (χ3v) is 4.67. The van der Waals surface area contributed by atoms with Crippen LogP contribution in [0.2, 0.25) is 0 Å². The summed E-state index contributed by atoms with van der Waals surface area (Å²) in [6.45, 7) is 0.569. The summed E-state index contributed by atoms with van der Waals surface area (Å²) in [7, 11) is 0. The normalized spacial score (nSPS) is 21.2. The molecule has 3 rings (SSSR count). The van der Waals surface area contributed by atoms with Gasteiger partial charge in [-0.1, -0.05) is 24.6 Å². The molecular formula is C18H22N2O3. The number of hydrogen-bond donors (Lipinski definition) is 3. The second kappa shape index (κ2) is 6.86. The fraction of sp³-hybridized carbons (Fsp3) is 0.444. The molecule has 2 unspecified atom stereocenters. The zero-order valence-corrected chi connectivity index (χ0v) is 13.0. The molecule has 1 amide bonds. The van der Waals surface area contributed by atoms with E-state index in [2.05, 4.69) is 22.4 Å². The van der Waals surface area contributed by atoms with Gasteiger partial charge in [0.2, 0.25) is 5.91 Å². The van der Waals surface area contributed by atoms with E-state index in [4.69, 9.17) is 5.11 Å². The van der Waals surface area contributed by atoms with Crippen molar-refractivity contribution in [2.45, 2.75) is 32.1 Å². The van der Waals surface area contributed by atoms with Crippen LogP contribution >= 0.6 is 0 Å². The first-order valence-electron chi connectivity index (χ1n) is 8.20. The van der Waals surface area contributed by atoms with Gasteiger partial charge in [0.05, 0.1) is 5.92 Å². The summed E-state index contributed by atoms with van der Waals surface area (Å²) in [5.74, 6) is -1.31. The summed E-state index contributed by atoms with van der Waals surface area (Å²) in [4.78, 5) is 26.6. The number of aromatic amines is 1. The quantitative estimate of drug-likeness (QED) is 0.793. The lowest BCUT2D eigenvalue weighted by Crippen LogP contribution is -2.36. The van der Waals surface area contributed by atoms with Crippen LogP contribution < -0.4 is 5.32 Å². The van der Waals surface area contributed by atoms with E-state index < -0.39 is 5.97 Å². The van der Waals surface area contributed by atoms with Gasteiger partial charge in [-0.2, -0.15) is 0 Å². The van der Waals surface area contributed by atoms with Crippen molar-refractivity contribution in [1.82, 2.24) is 10.3 Å². The molecule has 1 aromatic heterocycles. The summed E-state index contributed by atoms with van der Waals surface area (Å²) in [5, 5.41) is 13.2. The standard InChI is InChI=1S/C18H22N2O3/c21-17(13-5-3-6-14(10-13)18(22)23)19-9-8-15-11-12-4-1-2-7-16(12)20-15/h1-2,4,7,11,13-14,20H,3,5-6,8-10H2,(H,19,21)(H,22,23). The molecule has 0 radical (unpaired) electrons. The lowest BCUT2D eigenvalue weighted by Gasteiger charge is -2.25. The molecule has 0 saturated heterocycles. The Hall–Kier alpha value is -2.30. The molecule has 0 bridgehead atoms. The lowest BCUT2D eigenvalue weighted by molar-refractivity contribution is -0.144. The summed E-state index contributed by atoms with van der Waals surface area (Å²) >= 11 is 0. The van der Waals surface area contributed by atoms with Crippen molar-refractivity contribution >= 4 is 22.8 Å². The van der Waals surface area contributed by atoms with Gasteiger partial charge in [-0.05, 0) is 36.8 Å². The van der Waals surface area contributed by atoms with Gasteiger partial charge in [0.25, 0.3) is 0 Å². The van der Waals surface area contributed by atoms with Gasteiger partial charge in [-0.25, -0.2) is 0 Å². The van der Waals surface area contributed by atoms with Gasteiger partial charge in [-0.3, -0.25) is 9.59 Å². The van der Waals surface area contributed by atoms with Crippen molar-refractivity contribution in [2.75, 3.05) is 6.54 Å². The molecule has 0 spiro atoms. The number of H-pyrrole nitrogens is 1. The smallest absolute Gasteiger partial charge is 0.306 e. The summed E-state index contributed by atoms with van der Waals surface area (Å²) in [6, 6.07) is 10.2. The predicted molar refractivity (Wildman–Crippen MR) is 88.1 cm³/mol. The number of amides is 1. The van der Waals surface area contributed by atoms with Crippen LogP contribution in [0.5, 0.6) is 0 Å². The number of nitrogens with one attached hydrogen (secondary N) is 2. The molecule has 1 saturated carbocycles. The zero-order chi connectivity index (χ0) is 16.2. The van der Waals surface area contributed by atoms with Crippen LogP contribution in [0, 0.1) is 11.8 Å². The van der Waals surface area contributed by atoms with Crippen molar-refractivity contribution in [3.63, 3.8) is 0 Å². The van der Waals surface area contributed by atoms with Crippen LogP contribution in [0.25, 0.3) is 10.9 Å². The van der Waals surface area contributed by atoms with Gasteiger partial charge >= 0.3 is 5.97 Å². The molecule has 5 nitrogen and oxygen atoms in total. The van der Waals surface area contributed by atoms with E-state index in [1.54, 1.807) is 0 Å². The fourth-order valence-corrected chi connectivity index (χ4v) is 3.39. The maximum Gasteiger partial charge on any atom is 0.306 e. The minimum Gasteiger partial charge on any atom is -0.481 e. The van der Waals surface area contributed by atoms with E-state index in [0.717, 1.165) is 30.5 Å². The minimum atomic E-state index is -0.777. The summed E-state index contributed by atoms with van der Waals surface area (Å²) in [6.07, 6.45) is 3.51. The van der Waals surface area contributed by atoms with Crippen molar-refractivity contribution in [2.24, 2.45) is 11.8 Å². The van der Waals surface area contributed by atoms with Crippen molar-refractivity contribution < 1.29 is 14.7 Å². The van der Waals surface area contributed by atoms with Gasteiger partial charge in [0.15, 0.2) is 0 Å². The zero-order valence-electron chi connectivity index (χ0n) is 13.0. The van der Waals surface area contributed by atoms with Crippen LogP contribution in [-0.4, -0.2) is 28.5 Å². The maximum absolute atomic E-state index is 12.2. The highest BCUT2D eigenvalue weighted by molar-refractivity contribution is 5.81. The van der Waals surface area contributed by atoms with E-state index in [1.165, 1.54) is 5.39 Å². The largest absolute Gasteiger partial charge is 0.481 e. The number of aromatic nitrogens is 1. The minimum absolute atomic E-state index is 0.00735. The molecule has 1 aromatic carbocycles. The third kappa shape index (κ3) is 3.73. The second-order valence-corrected chi connectivity index (χ2v) is 6.32. The van der Waals surface area contributed by atoms with Gasteiger partial charge in [0, 0.05) is 30.1 Å². The van der Waals surface area contributed by atoms with Gasteiger partial charge in [-0.15, -0.1) is 0 Å². The molecule has 2 aromatic rings. The van der Waals surface area contributed by atoms with E-state index >= 15 is 0 Å². The summed E-state index contributed by atoms with van der Waals surface area (Å²) < 4.78 is 0. The number of aliphatic carboxylic acids is 1. The van der Waals surface area contributed by atoms with Crippen LogP contribution in [0.1, 0.15) is 31.4 Å². The average molecular weight is 314 g/mol. The number of rotatable bonds is 5. The molecule has 23 heavy (non-hydrogen) atoms. The number of carbonyl (C=O) groups is 2. The maximum atomic E-state index is 12.2. The van der Waals surface area contributed by atoms with Crippen LogP contribution in [0.4, 0.5) is 0 Å². The number of para-hydroxylation sites is 1. The number of hydrogen-bond acceptors (Lipinski definition) is 2. The Labute approximate surface area is 135 Å². The van der Waals surface area contributed by atoms with Gasteiger partial charge in [0.1, 0.15) is 0 Å². The first-order chi connectivity index (χ1) is 11.1. The molecule has 1 aliphatic rings. The second-order valence-electron chi connectivity index (χ2n) is 6.32. The molecular weight excluding hydrogens is 292 g/mol. The highest BCUT2D eigenvalue weighted by Gasteiger charge is 2.30. The van der Waals surface area contributed by atoms with Crippen molar-refractivity contribution in [3.05, 3.63) is 36.0 Å². The molecule has 0 aliphatic heterocycles. The van der Waals surface area contributed by atoms with Crippen LogP contribution in [0.3, 0.4) is 0 Å². The highest BCUT2D eigenvalue weighted by atomic mass is 16.4. The average Bonchev–Trinajstić information content (AvgIpc) is 2.97. The lowest BCUT2D eigenvalue weighted by atomic mass is 9.81. The monoisotopic (exact) mass is 314 g/mol. The topological polar surface area (TPSA) is 82.2 Å². The number of carboxylic acids is 1. The van der Waals surface area contributed by atoms with E-state index in [9.17, 15) is 9.59 Å². The number of carboxylic acid groups (broad SMARTS) is 1.